The number of anilines is 1. The summed E-state index contributed by atoms with van der Waals surface area (Å²) in [7, 11) is -3.83. The van der Waals surface area contributed by atoms with E-state index < -0.39 is 10.0 Å². The molecule has 6 nitrogen and oxygen atoms in total. The van der Waals surface area contributed by atoms with Crippen molar-refractivity contribution in [3.8, 4) is 0 Å². The van der Waals surface area contributed by atoms with Gasteiger partial charge >= 0.3 is 0 Å². The monoisotopic (exact) mass is 429 g/mol. The molecule has 1 unspecified atom stereocenters. The van der Waals surface area contributed by atoms with Crippen LogP contribution in [0.15, 0.2) is 53.4 Å². The number of hydrogen-bond acceptors (Lipinski definition) is 4. The Labute approximate surface area is 170 Å². The Morgan fingerprint density at radius 3 is 2.48 bits per heavy atom. The zero-order valence-corrected chi connectivity index (χ0v) is 16.9. The molecule has 3 N–H and O–H groups in total. The average molecular weight is 430 g/mol. The van der Waals surface area contributed by atoms with Crippen molar-refractivity contribution in [1.29, 1.82) is 0 Å². The van der Waals surface area contributed by atoms with Gasteiger partial charge in [-0.05, 0) is 49.2 Å². The van der Waals surface area contributed by atoms with Gasteiger partial charge in [0.2, 0.25) is 0 Å². The number of sulfonamides is 1. The molecule has 3 rings (SSSR count). The highest BCUT2D eigenvalue weighted by molar-refractivity contribution is 7.92. The standard InChI is InChI=1S/C18H20ClN3O3S.ClH/c19-13-7-9-15(10-8-13)26(24,25)21-17-6-2-1-5-16(17)18(23)22-11-3-4-14(20)12-22;/h1-2,5-10,14,21H,3-4,11-12,20H2;1H. The van der Waals surface area contributed by atoms with Crippen LogP contribution in [-0.4, -0.2) is 38.4 Å². The van der Waals surface area contributed by atoms with Crippen LogP contribution in [-0.2, 0) is 10.0 Å². The first-order valence-electron chi connectivity index (χ1n) is 8.29. The fourth-order valence-electron chi connectivity index (χ4n) is 2.94. The van der Waals surface area contributed by atoms with E-state index in [1.54, 1.807) is 29.2 Å². The van der Waals surface area contributed by atoms with E-state index in [1.807, 2.05) is 0 Å². The number of carbonyl (C=O) groups is 1. The van der Waals surface area contributed by atoms with Crippen molar-refractivity contribution in [3.05, 3.63) is 59.1 Å². The maximum Gasteiger partial charge on any atom is 0.261 e. The molecule has 1 atom stereocenters. The first-order valence-corrected chi connectivity index (χ1v) is 10.2. The summed E-state index contributed by atoms with van der Waals surface area (Å²) in [5.74, 6) is -0.227. The van der Waals surface area contributed by atoms with Crippen LogP contribution in [0.5, 0.6) is 0 Å². The highest BCUT2D eigenvalue weighted by atomic mass is 35.5. The number of likely N-dealkylation sites (tertiary alicyclic amines) is 1. The van der Waals surface area contributed by atoms with Crippen LogP contribution in [0.2, 0.25) is 5.02 Å². The smallest absolute Gasteiger partial charge is 0.261 e. The first-order chi connectivity index (χ1) is 12.4. The molecule has 0 aromatic heterocycles. The van der Waals surface area contributed by atoms with Gasteiger partial charge in [0.25, 0.3) is 15.9 Å². The lowest BCUT2D eigenvalue weighted by Gasteiger charge is -2.31. The van der Waals surface area contributed by atoms with E-state index in [0.29, 0.717) is 23.7 Å². The van der Waals surface area contributed by atoms with Crippen LogP contribution in [0.1, 0.15) is 23.2 Å². The number of piperidine rings is 1. The molecule has 2 aromatic carbocycles. The third-order valence-corrected chi connectivity index (χ3v) is 5.90. The van der Waals surface area contributed by atoms with Gasteiger partial charge < -0.3 is 10.6 Å². The van der Waals surface area contributed by atoms with Gasteiger partial charge in [-0.1, -0.05) is 23.7 Å². The number of para-hydroxylation sites is 1. The Bertz CT molecular complexity index is 904. The summed E-state index contributed by atoms with van der Waals surface area (Å²) in [4.78, 5) is 14.6. The quantitative estimate of drug-likeness (QED) is 0.780. The van der Waals surface area contributed by atoms with Crippen molar-refractivity contribution >= 4 is 45.6 Å². The first kappa shape index (κ1) is 21.5. The lowest BCUT2D eigenvalue weighted by Crippen LogP contribution is -2.45. The Kier molecular flexibility index (Phi) is 7.11. The molecule has 1 aliphatic heterocycles. The van der Waals surface area contributed by atoms with Gasteiger partial charge in [-0.3, -0.25) is 9.52 Å². The summed E-state index contributed by atoms with van der Waals surface area (Å²) < 4.78 is 27.7. The lowest BCUT2D eigenvalue weighted by molar-refractivity contribution is 0.0710. The van der Waals surface area contributed by atoms with E-state index in [1.165, 1.54) is 24.3 Å². The van der Waals surface area contributed by atoms with Crippen LogP contribution < -0.4 is 10.5 Å². The predicted molar refractivity (Wildman–Crippen MR) is 109 cm³/mol. The third kappa shape index (κ3) is 5.13. The number of benzene rings is 2. The third-order valence-electron chi connectivity index (χ3n) is 4.27. The molecule has 0 saturated carbocycles. The van der Waals surface area contributed by atoms with Gasteiger partial charge in [0.05, 0.1) is 16.1 Å². The van der Waals surface area contributed by atoms with Crippen molar-refractivity contribution < 1.29 is 13.2 Å². The molecule has 1 fully saturated rings. The zero-order chi connectivity index (χ0) is 18.7. The minimum Gasteiger partial charge on any atom is -0.337 e. The molecule has 2 aromatic rings. The molecule has 1 saturated heterocycles. The summed E-state index contributed by atoms with van der Waals surface area (Å²) in [5, 5.41) is 0.445. The second-order valence-electron chi connectivity index (χ2n) is 6.26. The van der Waals surface area contributed by atoms with E-state index in [-0.39, 0.29) is 34.9 Å². The van der Waals surface area contributed by atoms with Crippen molar-refractivity contribution in [1.82, 2.24) is 4.90 Å². The summed E-state index contributed by atoms with van der Waals surface area (Å²) in [5.41, 5.74) is 6.50. The number of nitrogens with one attached hydrogen (secondary N) is 1. The minimum atomic E-state index is -3.83. The largest absolute Gasteiger partial charge is 0.337 e. The van der Waals surface area contributed by atoms with Crippen molar-refractivity contribution in [2.45, 2.75) is 23.8 Å². The van der Waals surface area contributed by atoms with Crippen LogP contribution in [0, 0.1) is 0 Å². The SMILES string of the molecule is Cl.NC1CCCN(C(=O)c2ccccc2NS(=O)(=O)c2ccc(Cl)cc2)C1. The number of amides is 1. The second-order valence-corrected chi connectivity index (χ2v) is 8.38. The van der Waals surface area contributed by atoms with Gasteiger partial charge in [-0.25, -0.2) is 8.42 Å². The molecule has 1 aliphatic rings. The van der Waals surface area contributed by atoms with Gasteiger partial charge in [0.1, 0.15) is 0 Å². The Morgan fingerprint density at radius 2 is 1.81 bits per heavy atom. The fourth-order valence-corrected chi connectivity index (χ4v) is 4.15. The van der Waals surface area contributed by atoms with E-state index in [2.05, 4.69) is 4.72 Å². The molecule has 27 heavy (non-hydrogen) atoms. The maximum absolute atomic E-state index is 12.9. The van der Waals surface area contributed by atoms with E-state index in [4.69, 9.17) is 17.3 Å². The topological polar surface area (TPSA) is 92.5 Å². The summed E-state index contributed by atoms with van der Waals surface area (Å²) in [6.07, 6.45) is 1.72. The minimum absolute atomic E-state index is 0. The molecule has 0 aliphatic carbocycles. The van der Waals surface area contributed by atoms with Gasteiger partial charge in [0.15, 0.2) is 0 Å². The van der Waals surface area contributed by atoms with Crippen LogP contribution in [0.3, 0.4) is 0 Å². The average Bonchev–Trinajstić information content (AvgIpc) is 2.62. The summed E-state index contributed by atoms with van der Waals surface area (Å²) in [6.45, 7) is 1.09. The fraction of sp³-hybridized carbons (Fsp3) is 0.278. The van der Waals surface area contributed by atoms with Crippen molar-refractivity contribution in [2.24, 2.45) is 5.73 Å². The summed E-state index contributed by atoms with van der Waals surface area (Å²) in [6, 6.07) is 12.4. The molecule has 0 bridgehead atoms. The molecule has 1 heterocycles. The Morgan fingerprint density at radius 1 is 1.15 bits per heavy atom. The van der Waals surface area contributed by atoms with E-state index in [0.717, 1.165) is 12.8 Å². The highest BCUT2D eigenvalue weighted by Gasteiger charge is 2.25. The number of rotatable bonds is 4. The Balaban J connectivity index is 0.00000261. The molecule has 146 valence electrons. The van der Waals surface area contributed by atoms with Crippen LogP contribution in [0.4, 0.5) is 5.69 Å². The summed E-state index contributed by atoms with van der Waals surface area (Å²) >= 11 is 5.81. The van der Waals surface area contributed by atoms with Crippen LogP contribution >= 0.6 is 24.0 Å². The number of halogens is 2. The molecule has 9 heteroatoms. The van der Waals surface area contributed by atoms with Crippen LogP contribution in [0.25, 0.3) is 0 Å². The molecular weight excluding hydrogens is 409 g/mol. The van der Waals surface area contributed by atoms with E-state index in [9.17, 15) is 13.2 Å². The highest BCUT2D eigenvalue weighted by Crippen LogP contribution is 2.23. The molecule has 1 amide bonds. The second kappa shape index (κ2) is 8.93. The molecule has 0 radical (unpaired) electrons. The maximum atomic E-state index is 12.9. The normalized spacial score (nSPS) is 17.1. The number of nitrogens with two attached hydrogens (primary N) is 1. The number of carbonyl (C=O) groups excluding carboxylic acids is 1. The zero-order valence-electron chi connectivity index (χ0n) is 14.5. The van der Waals surface area contributed by atoms with Gasteiger partial charge in [-0.15, -0.1) is 12.4 Å². The van der Waals surface area contributed by atoms with Crippen molar-refractivity contribution in [3.63, 3.8) is 0 Å². The van der Waals surface area contributed by atoms with Gasteiger partial charge in [-0.2, -0.15) is 0 Å². The molecular formula is C18H21Cl2N3O3S. The lowest BCUT2D eigenvalue weighted by atomic mass is 10.0. The Hall–Kier alpha value is -1.80. The molecule has 0 spiro atoms. The number of hydrogen-bond donors (Lipinski definition) is 2. The van der Waals surface area contributed by atoms with Crippen molar-refractivity contribution in [2.75, 3.05) is 17.8 Å². The predicted octanol–water partition coefficient (Wildman–Crippen LogP) is 3.13. The van der Waals surface area contributed by atoms with Gasteiger partial charge in [0, 0.05) is 24.2 Å². The van der Waals surface area contributed by atoms with E-state index >= 15 is 0 Å². The number of nitrogens with zero attached hydrogens (tertiary/aromatic N) is 1.